The van der Waals surface area contributed by atoms with E-state index in [0.717, 1.165) is 0 Å². The summed E-state index contributed by atoms with van der Waals surface area (Å²) >= 11 is 0. The van der Waals surface area contributed by atoms with Crippen molar-refractivity contribution in [2.45, 2.75) is 12.8 Å². The molecule has 0 aliphatic carbocycles. The lowest BCUT2D eigenvalue weighted by Crippen LogP contribution is -2.03. The summed E-state index contributed by atoms with van der Waals surface area (Å²) < 4.78 is 0. The highest BCUT2D eigenvalue weighted by atomic mass is 15.3. The smallest absolute Gasteiger partial charge is 0.0919 e. The molecule has 1 fully saturated rings. The molecule has 0 amide bonds. The van der Waals surface area contributed by atoms with Crippen LogP contribution in [0.2, 0.25) is 0 Å². The second kappa shape index (κ2) is 13.0. The van der Waals surface area contributed by atoms with Gasteiger partial charge in [-0.05, 0) is 32.0 Å². The predicted molar refractivity (Wildman–Crippen MR) is 75.7 cm³/mol. The van der Waals surface area contributed by atoms with E-state index < -0.39 is 0 Å². The molecular formula is C12H20N8. The van der Waals surface area contributed by atoms with E-state index in [1.165, 1.54) is 25.9 Å². The van der Waals surface area contributed by atoms with E-state index in [-0.39, 0.29) is 0 Å². The van der Waals surface area contributed by atoms with E-state index in [1.54, 1.807) is 43.5 Å². The molecule has 1 aliphatic rings. The van der Waals surface area contributed by atoms with Crippen molar-refractivity contribution in [1.82, 2.24) is 40.9 Å². The molecule has 0 aromatic carbocycles. The van der Waals surface area contributed by atoms with Gasteiger partial charge in [0, 0.05) is 31.0 Å². The third-order valence-electron chi connectivity index (χ3n) is 2.10. The molecule has 1 aliphatic heterocycles. The minimum atomic E-state index is 1.25. The van der Waals surface area contributed by atoms with Crippen LogP contribution in [0.5, 0.6) is 0 Å². The lowest BCUT2D eigenvalue weighted by molar-refractivity contribution is 0.857. The number of H-pyrrole nitrogens is 3. The number of rotatable bonds is 0. The van der Waals surface area contributed by atoms with Crippen LogP contribution in [0.25, 0.3) is 0 Å². The van der Waals surface area contributed by atoms with Crippen LogP contribution < -0.4 is 5.32 Å². The van der Waals surface area contributed by atoms with Crippen LogP contribution in [0, 0.1) is 0 Å². The molecule has 20 heavy (non-hydrogen) atoms. The highest BCUT2D eigenvalue weighted by Crippen LogP contribution is 1.90. The average molecular weight is 276 g/mol. The Balaban J connectivity index is 0.000000133. The van der Waals surface area contributed by atoms with Gasteiger partial charge in [0.05, 0.1) is 12.5 Å². The average Bonchev–Trinajstić information content (AvgIpc) is 3.40. The first-order chi connectivity index (χ1) is 10.0. The molecular weight excluding hydrogens is 256 g/mol. The molecule has 8 nitrogen and oxygen atoms in total. The molecule has 4 N–H and O–H groups in total. The summed E-state index contributed by atoms with van der Waals surface area (Å²) in [7, 11) is 0. The first-order valence-electron chi connectivity index (χ1n) is 6.38. The Morgan fingerprint density at radius 2 is 1.75 bits per heavy atom. The molecule has 4 rings (SSSR count). The molecule has 0 unspecified atom stereocenters. The third-order valence-corrected chi connectivity index (χ3v) is 2.10. The van der Waals surface area contributed by atoms with Crippen molar-refractivity contribution in [1.29, 1.82) is 0 Å². The van der Waals surface area contributed by atoms with Gasteiger partial charge < -0.3 is 10.3 Å². The normalized spacial score (nSPS) is 12.0. The zero-order chi connectivity index (χ0) is 14.1. The van der Waals surface area contributed by atoms with Gasteiger partial charge >= 0.3 is 0 Å². The van der Waals surface area contributed by atoms with E-state index in [0.29, 0.717) is 0 Å². The van der Waals surface area contributed by atoms with Crippen molar-refractivity contribution in [2.75, 3.05) is 13.1 Å². The second-order valence-electron chi connectivity index (χ2n) is 3.64. The van der Waals surface area contributed by atoms with Crippen LogP contribution in [0.4, 0.5) is 0 Å². The maximum atomic E-state index is 3.67. The molecule has 0 spiro atoms. The molecule has 1 saturated heterocycles. The van der Waals surface area contributed by atoms with Crippen LogP contribution in [-0.2, 0) is 0 Å². The zero-order valence-electron chi connectivity index (χ0n) is 11.2. The second-order valence-corrected chi connectivity index (χ2v) is 3.64. The van der Waals surface area contributed by atoms with E-state index in [4.69, 9.17) is 0 Å². The van der Waals surface area contributed by atoms with Crippen LogP contribution in [0.15, 0.2) is 49.6 Å². The quantitative estimate of drug-likeness (QED) is 0.489. The zero-order valence-corrected chi connectivity index (χ0v) is 11.2. The van der Waals surface area contributed by atoms with Crippen LogP contribution in [0.3, 0.4) is 0 Å². The minimum absolute atomic E-state index is 1.25. The molecule has 0 saturated carbocycles. The summed E-state index contributed by atoms with van der Waals surface area (Å²) in [5.41, 5.74) is 0. The van der Waals surface area contributed by atoms with Crippen LogP contribution >= 0.6 is 0 Å². The maximum Gasteiger partial charge on any atom is 0.0919 e. The lowest BCUT2D eigenvalue weighted by atomic mass is 10.4. The summed E-state index contributed by atoms with van der Waals surface area (Å²) in [6.45, 7) is 2.50. The van der Waals surface area contributed by atoms with E-state index in [9.17, 15) is 0 Å². The van der Waals surface area contributed by atoms with Crippen molar-refractivity contribution in [3.05, 3.63) is 49.6 Å². The van der Waals surface area contributed by atoms with Crippen molar-refractivity contribution in [3.63, 3.8) is 0 Å². The van der Waals surface area contributed by atoms with E-state index in [2.05, 4.69) is 40.9 Å². The van der Waals surface area contributed by atoms with Gasteiger partial charge in [0.1, 0.15) is 0 Å². The summed E-state index contributed by atoms with van der Waals surface area (Å²) in [4.78, 5) is 6.42. The Hall–Kier alpha value is -2.48. The fraction of sp³-hybridized carbons (Fsp3) is 0.333. The molecule has 3 aromatic heterocycles. The monoisotopic (exact) mass is 276 g/mol. The van der Waals surface area contributed by atoms with Gasteiger partial charge in [-0.2, -0.15) is 5.10 Å². The largest absolute Gasteiger partial charge is 0.351 e. The first kappa shape index (κ1) is 15.6. The fourth-order valence-electron chi connectivity index (χ4n) is 1.22. The van der Waals surface area contributed by atoms with Crippen LogP contribution in [0.1, 0.15) is 12.8 Å². The van der Waals surface area contributed by atoms with Crippen molar-refractivity contribution < 1.29 is 0 Å². The Morgan fingerprint density at radius 3 is 1.95 bits per heavy atom. The highest BCUT2D eigenvalue weighted by Gasteiger charge is 1.93. The summed E-state index contributed by atoms with van der Waals surface area (Å²) in [5.74, 6) is 0. The number of imidazole rings is 1. The number of hydrogen-bond acceptors (Lipinski definition) is 5. The SMILES string of the molecule is C1CCNC1.c1c[nH]cn1.c1c[nH]nn1.c1cn[nH]c1. The van der Waals surface area contributed by atoms with E-state index >= 15 is 0 Å². The molecule has 4 heterocycles. The molecule has 8 heteroatoms. The molecule has 108 valence electrons. The van der Waals surface area contributed by atoms with Crippen molar-refractivity contribution in [3.8, 4) is 0 Å². The van der Waals surface area contributed by atoms with Gasteiger partial charge in [-0.1, -0.05) is 5.21 Å². The number of aromatic nitrogens is 7. The van der Waals surface area contributed by atoms with Gasteiger partial charge in [0.15, 0.2) is 0 Å². The van der Waals surface area contributed by atoms with Gasteiger partial charge in [-0.25, -0.2) is 4.98 Å². The number of nitrogens with zero attached hydrogens (tertiary/aromatic N) is 4. The molecule has 0 atom stereocenters. The lowest BCUT2D eigenvalue weighted by Gasteiger charge is -1.76. The van der Waals surface area contributed by atoms with Gasteiger partial charge in [0.25, 0.3) is 0 Å². The minimum Gasteiger partial charge on any atom is -0.351 e. The Kier molecular flexibility index (Phi) is 10.1. The third kappa shape index (κ3) is 10.7. The summed E-state index contributed by atoms with van der Waals surface area (Å²) in [6, 6.07) is 1.83. The summed E-state index contributed by atoms with van der Waals surface area (Å²) in [6.07, 6.45) is 14.6. The first-order valence-corrected chi connectivity index (χ1v) is 6.38. The molecule has 0 radical (unpaired) electrons. The molecule has 0 bridgehead atoms. The topological polar surface area (TPSA) is 111 Å². The highest BCUT2D eigenvalue weighted by molar-refractivity contribution is 4.72. The Morgan fingerprint density at radius 1 is 0.850 bits per heavy atom. The number of hydrogen-bond donors (Lipinski definition) is 4. The Bertz CT molecular complexity index is 308. The summed E-state index contributed by atoms with van der Waals surface area (Å²) in [5, 5.41) is 18.7. The van der Waals surface area contributed by atoms with Crippen molar-refractivity contribution >= 4 is 0 Å². The fourth-order valence-corrected chi connectivity index (χ4v) is 1.22. The van der Waals surface area contributed by atoms with Gasteiger partial charge in [-0.3, -0.25) is 10.2 Å². The molecule has 3 aromatic rings. The Labute approximate surface area is 117 Å². The van der Waals surface area contributed by atoms with Gasteiger partial charge in [0.2, 0.25) is 0 Å². The maximum absolute atomic E-state index is 3.67. The van der Waals surface area contributed by atoms with Gasteiger partial charge in [-0.15, -0.1) is 5.10 Å². The van der Waals surface area contributed by atoms with Crippen molar-refractivity contribution in [2.24, 2.45) is 0 Å². The van der Waals surface area contributed by atoms with E-state index in [1.807, 2.05) is 6.07 Å². The number of nitrogens with one attached hydrogen (secondary N) is 4. The predicted octanol–water partition coefficient (Wildman–Crippen LogP) is 0.994. The van der Waals surface area contributed by atoms with Crippen LogP contribution in [-0.4, -0.2) is 48.7 Å². The standard InChI is InChI=1S/C4H9N.2C3H4N2.C2H3N3/c1-2-4-5-3-1;1-2-5-3-4-1;2*1-2-4-5-3-1/h5H,1-4H2;2*1-3H,(H,4,5);1-2H,(H,3,4,5). The number of aromatic amines is 3.